The second-order valence-electron chi connectivity index (χ2n) is 4.11. The number of aromatic nitrogens is 2. The molecule has 0 amide bonds. The third-order valence-corrected chi connectivity index (χ3v) is 3.45. The van der Waals surface area contributed by atoms with Crippen LogP contribution in [0.1, 0.15) is 32.0 Å². The summed E-state index contributed by atoms with van der Waals surface area (Å²) in [6, 6.07) is -0.797. The van der Waals surface area contributed by atoms with E-state index in [1.54, 1.807) is 0 Å². The SMILES string of the molecule is CCc1cnc(SCC(=O)O)n1C(C)CC(F)(F)F. The third kappa shape index (κ3) is 4.77. The lowest BCUT2D eigenvalue weighted by atomic mass is 10.2. The number of hydrogen-bond acceptors (Lipinski definition) is 3. The highest BCUT2D eigenvalue weighted by molar-refractivity contribution is 7.99. The average Bonchev–Trinajstić information content (AvgIpc) is 2.66. The molecule has 1 aromatic heterocycles. The molecule has 0 radical (unpaired) electrons. The number of thioether (sulfide) groups is 1. The van der Waals surface area contributed by atoms with Gasteiger partial charge in [0.2, 0.25) is 0 Å². The summed E-state index contributed by atoms with van der Waals surface area (Å²) in [7, 11) is 0. The Kier molecular flexibility index (Phi) is 5.28. The van der Waals surface area contributed by atoms with Gasteiger partial charge in [0.05, 0.1) is 12.2 Å². The average molecular weight is 296 g/mol. The molecule has 0 aliphatic heterocycles. The molecule has 0 fully saturated rings. The Hall–Kier alpha value is -1.18. The Morgan fingerprint density at radius 3 is 2.68 bits per heavy atom. The van der Waals surface area contributed by atoms with Gasteiger partial charge in [-0.25, -0.2) is 4.98 Å². The van der Waals surface area contributed by atoms with E-state index in [2.05, 4.69) is 4.98 Å². The van der Waals surface area contributed by atoms with Crippen LogP contribution in [0.4, 0.5) is 13.2 Å². The van der Waals surface area contributed by atoms with Crippen LogP contribution in [0.2, 0.25) is 0 Å². The van der Waals surface area contributed by atoms with Gasteiger partial charge in [-0.15, -0.1) is 0 Å². The number of carboxylic acids is 1. The standard InChI is InChI=1S/C11H15F3N2O2S/c1-3-8-5-15-10(19-6-9(17)18)16(8)7(2)4-11(12,13)14/h5,7H,3-4,6H2,1-2H3,(H,17,18). The predicted molar refractivity (Wildman–Crippen MR) is 65.3 cm³/mol. The third-order valence-electron chi connectivity index (χ3n) is 2.49. The molecule has 0 aliphatic carbocycles. The zero-order valence-corrected chi connectivity index (χ0v) is 11.4. The second kappa shape index (κ2) is 6.31. The molecule has 1 aromatic rings. The number of hydrogen-bond donors (Lipinski definition) is 1. The molecule has 0 saturated carbocycles. The van der Waals surface area contributed by atoms with Crippen LogP contribution in [0.25, 0.3) is 0 Å². The molecule has 19 heavy (non-hydrogen) atoms. The van der Waals surface area contributed by atoms with Gasteiger partial charge in [-0.1, -0.05) is 18.7 Å². The van der Waals surface area contributed by atoms with Gasteiger partial charge in [-0.2, -0.15) is 13.2 Å². The minimum absolute atomic E-state index is 0.223. The predicted octanol–water partition coefficient (Wildman–Crippen LogP) is 3.14. The molecule has 1 heterocycles. The summed E-state index contributed by atoms with van der Waals surface area (Å²) in [5.41, 5.74) is 0.671. The summed E-state index contributed by atoms with van der Waals surface area (Å²) < 4.78 is 38.8. The van der Waals surface area contributed by atoms with E-state index in [4.69, 9.17) is 5.11 Å². The van der Waals surface area contributed by atoms with Gasteiger partial charge in [-0.05, 0) is 13.3 Å². The maximum atomic E-state index is 12.4. The Morgan fingerprint density at radius 2 is 2.21 bits per heavy atom. The smallest absolute Gasteiger partial charge is 0.391 e. The van der Waals surface area contributed by atoms with E-state index in [0.717, 1.165) is 11.8 Å². The number of carboxylic acid groups (broad SMARTS) is 1. The van der Waals surface area contributed by atoms with Gasteiger partial charge in [0.1, 0.15) is 0 Å². The highest BCUT2D eigenvalue weighted by atomic mass is 32.2. The number of carbonyl (C=O) groups is 1. The molecule has 1 rings (SSSR count). The molecular weight excluding hydrogens is 281 g/mol. The first kappa shape index (κ1) is 15.9. The van der Waals surface area contributed by atoms with Crippen LogP contribution < -0.4 is 0 Å². The van der Waals surface area contributed by atoms with E-state index >= 15 is 0 Å². The summed E-state index contributed by atoms with van der Waals surface area (Å²) in [6.45, 7) is 3.28. The topological polar surface area (TPSA) is 55.1 Å². The number of nitrogens with zero attached hydrogens (tertiary/aromatic N) is 2. The number of halogens is 3. The van der Waals surface area contributed by atoms with Gasteiger partial charge >= 0.3 is 12.1 Å². The number of aliphatic carboxylic acids is 1. The molecule has 0 aliphatic rings. The molecule has 0 spiro atoms. The Bertz CT molecular complexity index is 446. The largest absolute Gasteiger partial charge is 0.481 e. The minimum atomic E-state index is -4.26. The van der Waals surface area contributed by atoms with Crippen molar-refractivity contribution in [3.8, 4) is 0 Å². The molecule has 0 saturated heterocycles. The first-order chi connectivity index (χ1) is 8.74. The van der Waals surface area contributed by atoms with E-state index in [1.165, 1.54) is 17.7 Å². The highest BCUT2D eigenvalue weighted by Gasteiger charge is 2.32. The van der Waals surface area contributed by atoms with Gasteiger partial charge in [-0.3, -0.25) is 4.79 Å². The van der Waals surface area contributed by atoms with Crippen molar-refractivity contribution >= 4 is 17.7 Å². The number of aryl methyl sites for hydroxylation is 1. The van der Waals surface area contributed by atoms with Crippen molar-refractivity contribution < 1.29 is 23.1 Å². The Morgan fingerprint density at radius 1 is 1.58 bits per heavy atom. The summed E-state index contributed by atoms with van der Waals surface area (Å²) in [4.78, 5) is 14.5. The first-order valence-electron chi connectivity index (χ1n) is 5.72. The van der Waals surface area contributed by atoms with Gasteiger partial charge in [0.15, 0.2) is 5.16 Å². The number of alkyl halides is 3. The van der Waals surface area contributed by atoms with Crippen LogP contribution in [0, 0.1) is 0 Å². The van der Waals surface area contributed by atoms with E-state index < -0.39 is 24.6 Å². The zero-order chi connectivity index (χ0) is 14.6. The van der Waals surface area contributed by atoms with Crippen LogP contribution in [-0.4, -0.2) is 32.6 Å². The van der Waals surface area contributed by atoms with Crippen molar-refractivity contribution in [2.45, 2.75) is 44.1 Å². The highest BCUT2D eigenvalue weighted by Crippen LogP contribution is 2.31. The summed E-state index contributed by atoms with van der Waals surface area (Å²) in [6.07, 6.45) is -3.18. The fraction of sp³-hybridized carbons (Fsp3) is 0.636. The van der Waals surface area contributed by atoms with Crippen molar-refractivity contribution in [2.24, 2.45) is 0 Å². The fourth-order valence-electron chi connectivity index (χ4n) is 1.77. The minimum Gasteiger partial charge on any atom is -0.481 e. The second-order valence-corrected chi connectivity index (χ2v) is 5.05. The van der Waals surface area contributed by atoms with Crippen LogP contribution in [-0.2, 0) is 11.2 Å². The molecule has 108 valence electrons. The molecule has 0 aromatic carbocycles. The van der Waals surface area contributed by atoms with Crippen LogP contribution >= 0.6 is 11.8 Å². The van der Waals surface area contributed by atoms with Crippen molar-refractivity contribution in [1.29, 1.82) is 0 Å². The van der Waals surface area contributed by atoms with Crippen molar-refractivity contribution in [3.05, 3.63) is 11.9 Å². The fourth-order valence-corrected chi connectivity index (χ4v) is 2.59. The van der Waals surface area contributed by atoms with E-state index in [0.29, 0.717) is 17.3 Å². The van der Waals surface area contributed by atoms with E-state index in [9.17, 15) is 18.0 Å². The van der Waals surface area contributed by atoms with E-state index in [-0.39, 0.29) is 5.75 Å². The number of rotatable bonds is 6. The first-order valence-corrected chi connectivity index (χ1v) is 6.70. The van der Waals surface area contributed by atoms with Gasteiger partial charge in [0.25, 0.3) is 0 Å². The normalized spacial score (nSPS) is 13.5. The summed E-state index contributed by atoms with van der Waals surface area (Å²) in [5, 5.41) is 8.93. The summed E-state index contributed by atoms with van der Waals surface area (Å²) >= 11 is 0.931. The van der Waals surface area contributed by atoms with Gasteiger partial charge in [0, 0.05) is 17.9 Å². The van der Waals surface area contributed by atoms with Crippen LogP contribution in [0.3, 0.4) is 0 Å². The van der Waals surface area contributed by atoms with Crippen molar-refractivity contribution in [2.75, 3.05) is 5.75 Å². The molecular formula is C11H15F3N2O2S. The maximum Gasteiger partial charge on any atom is 0.391 e. The molecule has 8 heteroatoms. The summed E-state index contributed by atoms with van der Waals surface area (Å²) in [5.74, 6) is -1.25. The molecule has 1 atom stereocenters. The van der Waals surface area contributed by atoms with Crippen LogP contribution in [0.5, 0.6) is 0 Å². The Balaban J connectivity index is 2.95. The monoisotopic (exact) mass is 296 g/mol. The van der Waals surface area contributed by atoms with E-state index in [1.807, 2.05) is 6.92 Å². The molecule has 0 bridgehead atoms. The van der Waals surface area contributed by atoms with Gasteiger partial charge < -0.3 is 9.67 Å². The molecule has 4 nitrogen and oxygen atoms in total. The van der Waals surface area contributed by atoms with Crippen molar-refractivity contribution in [1.82, 2.24) is 9.55 Å². The molecule has 1 unspecified atom stereocenters. The van der Waals surface area contributed by atoms with Crippen LogP contribution in [0.15, 0.2) is 11.4 Å². The van der Waals surface area contributed by atoms with Crippen molar-refractivity contribution in [3.63, 3.8) is 0 Å². The lowest BCUT2D eigenvalue weighted by Gasteiger charge is -2.20. The quantitative estimate of drug-likeness (QED) is 0.819. The maximum absolute atomic E-state index is 12.4. The lowest BCUT2D eigenvalue weighted by molar-refractivity contribution is -0.142. The lowest BCUT2D eigenvalue weighted by Crippen LogP contribution is -2.19. The number of imidazole rings is 1. The molecule has 1 N–H and O–H groups in total. The Labute approximate surface area is 113 Å². The zero-order valence-electron chi connectivity index (χ0n) is 10.6.